The van der Waals surface area contributed by atoms with E-state index >= 15 is 0 Å². The summed E-state index contributed by atoms with van der Waals surface area (Å²) in [6.45, 7) is 3.60. The summed E-state index contributed by atoms with van der Waals surface area (Å²) in [6.07, 6.45) is 6.21. The minimum atomic E-state index is -0.447. The van der Waals surface area contributed by atoms with E-state index in [9.17, 15) is 9.90 Å². The van der Waals surface area contributed by atoms with E-state index in [-0.39, 0.29) is 6.10 Å². The molecule has 0 saturated heterocycles. The predicted molar refractivity (Wildman–Crippen MR) is 86.3 cm³/mol. The molecule has 4 heteroatoms. The van der Waals surface area contributed by atoms with Crippen molar-refractivity contribution in [2.24, 2.45) is 0 Å². The van der Waals surface area contributed by atoms with Gasteiger partial charge in [0.1, 0.15) is 6.10 Å². The molecule has 1 aromatic rings. The molecule has 2 atom stereocenters. The largest absolute Gasteiger partial charge is 0.465 e. The lowest BCUT2D eigenvalue weighted by Crippen LogP contribution is -2.06. The van der Waals surface area contributed by atoms with E-state index in [4.69, 9.17) is 9.47 Å². The molecule has 0 spiro atoms. The summed E-state index contributed by atoms with van der Waals surface area (Å²) in [5.41, 5.74) is 1.18. The average molecular weight is 306 g/mol. The molecule has 0 unspecified atom stereocenters. The van der Waals surface area contributed by atoms with E-state index in [1.54, 1.807) is 6.08 Å². The van der Waals surface area contributed by atoms with Crippen molar-refractivity contribution < 1.29 is 19.4 Å². The highest BCUT2D eigenvalue weighted by molar-refractivity contribution is 5.37. The Morgan fingerprint density at radius 3 is 2.73 bits per heavy atom. The van der Waals surface area contributed by atoms with Gasteiger partial charge in [-0.05, 0) is 31.7 Å². The zero-order chi connectivity index (χ0) is 16.0. The summed E-state index contributed by atoms with van der Waals surface area (Å²) in [5.74, 6) is 0. The van der Waals surface area contributed by atoms with E-state index in [2.05, 4.69) is 0 Å². The number of benzene rings is 1. The Hall–Kier alpha value is -1.65. The fourth-order valence-electron chi connectivity index (χ4n) is 2.00. The molecule has 0 aromatic heterocycles. The molecule has 1 N–H and O–H groups in total. The maximum Gasteiger partial charge on any atom is 0.293 e. The first-order valence-electron chi connectivity index (χ1n) is 7.78. The molecule has 0 heterocycles. The first-order valence-corrected chi connectivity index (χ1v) is 7.78. The second-order valence-corrected chi connectivity index (χ2v) is 5.31. The van der Waals surface area contributed by atoms with Gasteiger partial charge >= 0.3 is 0 Å². The quantitative estimate of drug-likeness (QED) is 0.366. The molecule has 4 nitrogen and oxygen atoms in total. The molecular weight excluding hydrogens is 280 g/mol. The van der Waals surface area contributed by atoms with Crippen molar-refractivity contribution in [3.63, 3.8) is 0 Å². The van der Waals surface area contributed by atoms with Gasteiger partial charge in [-0.1, -0.05) is 42.5 Å². The van der Waals surface area contributed by atoms with Crippen molar-refractivity contribution in [3.8, 4) is 0 Å². The Morgan fingerprint density at radius 1 is 1.23 bits per heavy atom. The van der Waals surface area contributed by atoms with Crippen LogP contribution in [0.25, 0.3) is 0 Å². The maximum atomic E-state index is 10.1. The highest BCUT2D eigenvalue weighted by Gasteiger charge is 2.01. The molecule has 0 aliphatic carbocycles. The van der Waals surface area contributed by atoms with Crippen LogP contribution in [-0.2, 0) is 20.9 Å². The Balaban J connectivity index is 1.99. The number of aliphatic hydroxyl groups excluding tert-OH is 1. The van der Waals surface area contributed by atoms with Gasteiger partial charge in [0.2, 0.25) is 0 Å². The zero-order valence-electron chi connectivity index (χ0n) is 13.2. The van der Waals surface area contributed by atoms with Crippen molar-refractivity contribution in [2.45, 2.75) is 51.4 Å². The first kappa shape index (κ1) is 18.4. The van der Waals surface area contributed by atoms with E-state index in [0.29, 0.717) is 32.5 Å². The van der Waals surface area contributed by atoms with Crippen LogP contribution in [0.2, 0.25) is 0 Å². The monoisotopic (exact) mass is 306 g/mol. The minimum absolute atomic E-state index is 0.146. The predicted octanol–water partition coefficient (Wildman–Crippen LogP) is 3.24. The van der Waals surface area contributed by atoms with Crippen LogP contribution in [0.4, 0.5) is 0 Å². The summed E-state index contributed by atoms with van der Waals surface area (Å²) in [6, 6.07) is 10.1. The molecule has 0 aliphatic heterocycles. The highest BCUT2D eigenvalue weighted by atomic mass is 16.5. The van der Waals surface area contributed by atoms with Gasteiger partial charge in [0, 0.05) is 13.0 Å². The summed E-state index contributed by atoms with van der Waals surface area (Å²) < 4.78 is 10.3. The number of unbranched alkanes of at least 4 members (excludes halogenated alkanes) is 1. The van der Waals surface area contributed by atoms with Crippen molar-refractivity contribution in [1.29, 1.82) is 0 Å². The van der Waals surface area contributed by atoms with Crippen LogP contribution in [0, 0.1) is 0 Å². The number of hydrogen-bond donors (Lipinski definition) is 1. The summed E-state index contributed by atoms with van der Waals surface area (Å²) in [4.78, 5) is 10.1. The Bertz CT molecular complexity index is 416. The molecule has 0 aliphatic rings. The maximum absolute atomic E-state index is 10.1. The highest BCUT2D eigenvalue weighted by Crippen LogP contribution is 2.06. The van der Waals surface area contributed by atoms with E-state index in [1.807, 2.05) is 43.3 Å². The van der Waals surface area contributed by atoms with Crippen LogP contribution >= 0.6 is 0 Å². The number of aliphatic hydroxyl groups is 1. The van der Waals surface area contributed by atoms with Gasteiger partial charge in [-0.3, -0.25) is 4.79 Å². The molecule has 0 fully saturated rings. The molecule has 122 valence electrons. The van der Waals surface area contributed by atoms with Crippen molar-refractivity contribution in [3.05, 3.63) is 48.0 Å². The molecule has 22 heavy (non-hydrogen) atoms. The fourth-order valence-corrected chi connectivity index (χ4v) is 2.00. The van der Waals surface area contributed by atoms with Gasteiger partial charge in [0.05, 0.1) is 12.7 Å². The molecule has 1 aromatic carbocycles. The fraction of sp³-hybridized carbons (Fsp3) is 0.500. The summed E-state index contributed by atoms with van der Waals surface area (Å²) >= 11 is 0. The van der Waals surface area contributed by atoms with Crippen LogP contribution < -0.4 is 0 Å². The number of ether oxygens (including phenoxy) is 2. The summed E-state index contributed by atoms with van der Waals surface area (Å²) in [7, 11) is 0. The van der Waals surface area contributed by atoms with Gasteiger partial charge < -0.3 is 14.6 Å². The van der Waals surface area contributed by atoms with Crippen molar-refractivity contribution in [1.82, 2.24) is 0 Å². The van der Waals surface area contributed by atoms with Crippen LogP contribution in [0.5, 0.6) is 0 Å². The van der Waals surface area contributed by atoms with Gasteiger partial charge in [0.25, 0.3) is 6.47 Å². The topological polar surface area (TPSA) is 55.8 Å². The van der Waals surface area contributed by atoms with Gasteiger partial charge in [-0.25, -0.2) is 0 Å². The SMILES string of the molecule is C[C@@H](C/C=C/[C@@H](O)CCCCOCc1ccccc1)OC=O. The third-order valence-corrected chi connectivity index (χ3v) is 3.26. The lowest BCUT2D eigenvalue weighted by molar-refractivity contribution is -0.132. The molecule has 0 saturated carbocycles. The van der Waals surface area contributed by atoms with Crippen molar-refractivity contribution >= 4 is 6.47 Å². The normalized spacial score (nSPS) is 13.9. The van der Waals surface area contributed by atoms with E-state index in [1.165, 1.54) is 5.56 Å². The lowest BCUT2D eigenvalue weighted by atomic mass is 10.1. The smallest absolute Gasteiger partial charge is 0.293 e. The number of carbonyl (C=O) groups is 1. The third kappa shape index (κ3) is 9.32. The van der Waals surface area contributed by atoms with E-state index < -0.39 is 6.10 Å². The Morgan fingerprint density at radius 2 is 2.00 bits per heavy atom. The second kappa shape index (κ2) is 12.0. The standard InChI is InChI=1S/C18H26O4/c1-16(22-15-19)8-7-12-18(20)11-5-6-13-21-14-17-9-3-2-4-10-17/h2-4,7,9-10,12,15-16,18,20H,5-6,8,11,13-14H2,1H3/b12-7+/t16-,18-/m0/s1. The molecule has 0 bridgehead atoms. The molecule has 1 rings (SSSR count). The van der Waals surface area contributed by atoms with Crippen LogP contribution in [0.1, 0.15) is 38.2 Å². The lowest BCUT2D eigenvalue weighted by Gasteiger charge is -2.08. The Labute approximate surface area is 132 Å². The second-order valence-electron chi connectivity index (χ2n) is 5.31. The van der Waals surface area contributed by atoms with Gasteiger partial charge in [0.15, 0.2) is 0 Å². The van der Waals surface area contributed by atoms with Crippen molar-refractivity contribution in [2.75, 3.05) is 6.61 Å². The zero-order valence-corrected chi connectivity index (χ0v) is 13.2. The number of rotatable bonds is 12. The molecular formula is C18H26O4. The Kier molecular flexibility index (Phi) is 9.99. The van der Waals surface area contributed by atoms with Gasteiger partial charge in [-0.15, -0.1) is 0 Å². The summed E-state index contributed by atoms with van der Waals surface area (Å²) in [5, 5.41) is 9.79. The molecule has 0 amide bonds. The molecule has 0 radical (unpaired) electrons. The van der Waals surface area contributed by atoms with E-state index in [0.717, 1.165) is 12.8 Å². The first-order chi connectivity index (χ1) is 10.7. The van der Waals surface area contributed by atoms with Crippen LogP contribution in [0.3, 0.4) is 0 Å². The van der Waals surface area contributed by atoms with Crippen LogP contribution in [-0.4, -0.2) is 30.4 Å². The minimum Gasteiger partial charge on any atom is -0.465 e. The number of carbonyl (C=O) groups excluding carboxylic acids is 1. The van der Waals surface area contributed by atoms with Crippen LogP contribution in [0.15, 0.2) is 42.5 Å². The number of hydrogen-bond acceptors (Lipinski definition) is 4. The van der Waals surface area contributed by atoms with Gasteiger partial charge in [-0.2, -0.15) is 0 Å². The average Bonchev–Trinajstić information content (AvgIpc) is 2.52. The third-order valence-electron chi connectivity index (χ3n) is 3.26.